The Hall–Kier alpha value is -1.08. The molecule has 0 spiro atoms. The topological polar surface area (TPSA) is 20.2 Å². The van der Waals surface area contributed by atoms with Gasteiger partial charge in [0.05, 0.1) is 6.10 Å². The summed E-state index contributed by atoms with van der Waals surface area (Å²) in [5.74, 6) is 0. The van der Waals surface area contributed by atoms with Gasteiger partial charge in [-0.1, -0.05) is 48.9 Å². The van der Waals surface area contributed by atoms with E-state index in [1.807, 2.05) is 31.2 Å². The molecule has 1 N–H and O–H groups in total. The predicted molar refractivity (Wildman–Crippen MR) is 60.2 cm³/mol. The van der Waals surface area contributed by atoms with Crippen molar-refractivity contribution in [2.75, 3.05) is 0 Å². The lowest BCUT2D eigenvalue weighted by Crippen LogP contribution is -2.01. The van der Waals surface area contributed by atoms with Crippen molar-refractivity contribution in [2.45, 2.75) is 32.8 Å². The summed E-state index contributed by atoms with van der Waals surface area (Å²) in [4.78, 5) is 0. The summed E-state index contributed by atoms with van der Waals surface area (Å²) in [5.41, 5.74) is 2.52. The summed E-state index contributed by atoms with van der Waals surface area (Å²) in [6.45, 7) is 4.04. The predicted octanol–water partition coefficient (Wildman–Crippen LogP) is 2.95. The molecule has 0 heterocycles. The van der Waals surface area contributed by atoms with Gasteiger partial charge in [-0.3, -0.25) is 0 Å². The van der Waals surface area contributed by atoms with E-state index in [2.05, 4.69) is 19.1 Å². The van der Waals surface area contributed by atoms with E-state index in [-0.39, 0.29) is 6.10 Å². The Morgan fingerprint density at radius 3 is 2.57 bits per heavy atom. The fraction of sp³-hybridized carbons (Fsp3) is 0.385. The lowest BCUT2D eigenvalue weighted by molar-refractivity contribution is 0.218. The van der Waals surface area contributed by atoms with Gasteiger partial charge in [0.25, 0.3) is 0 Å². The molecule has 0 saturated carbocycles. The van der Waals surface area contributed by atoms with Crippen LogP contribution >= 0.6 is 0 Å². The van der Waals surface area contributed by atoms with Gasteiger partial charge in [-0.2, -0.15) is 0 Å². The van der Waals surface area contributed by atoms with Gasteiger partial charge in [-0.25, -0.2) is 0 Å². The summed E-state index contributed by atoms with van der Waals surface area (Å²) < 4.78 is 0. The summed E-state index contributed by atoms with van der Waals surface area (Å²) in [6, 6.07) is 10.3. The number of hydrogen-bond donors (Lipinski definition) is 1. The van der Waals surface area contributed by atoms with Crippen LogP contribution in [0.4, 0.5) is 0 Å². The molecule has 0 aliphatic rings. The maximum Gasteiger partial charge on any atom is 0.0720 e. The van der Waals surface area contributed by atoms with Crippen LogP contribution in [-0.2, 0) is 6.42 Å². The van der Waals surface area contributed by atoms with Gasteiger partial charge in [0.2, 0.25) is 0 Å². The van der Waals surface area contributed by atoms with E-state index in [1.165, 1.54) is 11.1 Å². The zero-order chi connectivity index (χ0) is 10.4. The van der Waals surface area contributed by atoms with Crippen LogP contribution in [0.2, 0.25) is 0 Å². The van der Waals surface area contributed by atoms with E-state index in [1.54, 1.807) is 0 Å². The van der Waals surface area contributed by atoms with E-state index in [0.29, 0.717) is 0 Å². The zero-order valence-electron chi connectivity index (χ0n) is 8.90. The van der Waals surface area contributed by atoms with Crippen molar-refractivity contribution in [1.82, 2.24) is 0 Å². The Bertz CT molecular complexity index is 287. The van der Waals surface area contributed by atoms with Crippen molar-refractivity contribution in [3.8, 4) is 0 Å². The minimum Gasteiger partial charge on any atom is -0.389 e. The van der Waals surface area contributed by atoms with Crippen molar-refractivity contribution in [3.05, 3.63) is 47.5 Å². The zero-order valence-corrected chi connectivity index (χ0v) is 8.90. The first-order chi connectivity index (χ1) is 6.72. The fourth-order valence-corrected chi connectivity index (χ4v) is 1.42. The van der Waals surface area contributed by atoms with E-state index < -0.39 is 0 Å². The fourth-order valence-electron chi connectivity index (χ4n) is 1.42. The van der Waals surface area contributed by atoms with E-state index in [0.717, 1.165) is 12.8 Å². The molecule has 1 aromatic rings. The van der Waals surface area contributed by atoms with Gasteiger partial charge >= 0.3 is 0 Å². The molecule has 76 valence electrons. The number of benzene rings is 1. The van der Waals surface area contributed by atoms with Crippen LogP contribution in [0.3, 0.4) is 0 Å². The Morgan fingerprint density at radius 1 is 1.36 bits per heavy atom. The van der Waals surface area contributed by atoms with Crippen LogP contribution in [-0.4, -0.2) is 11.2 Å². The van der Waals surface area contributed by atoms with Crippen LogP contribution in [0.15, 0.2) is 42.0 Å². The number of allylic oxidation sites excluding steroid dienone is 1. The molecule has 1 aromatic carbocycles. The first-order valence-electron chi connectivity index (χ1n) is 5.11. The lowest BCUT2D eigenvalue weighted by atomic mass is 10.0. The Kier molecular flexibility index (Phi) is 4.41. The van der Waals surface area contributed by atoms with Crippen LogP contribution in [0, 0.1) is 0 Å². The summed E-state index contributed by atoms with van der Waals surface area (Å²) in [5, 5.41) is 9.43. The van der Waals surface area contributed by atoms with Gasteiger partial charge < -0.3 is 5.11 Å². The van der Waals surface area contributed by atoms with Crippen molar-refractivity contribution < 1.29 is 5.11 Å². The van der Waals surface area contributed by atoms with Crippen molar-refractivity contribution in [2.24, 2.45) is 0 Å². The molecule has 1 heteroatoms. The molecule has 14 heavy (non-hydrogen) atoms. The third-order valence-electron chi connectivity index (χ3n) is 2.22. The second-order valence-corrected chi connectivity index (χ2v) is 3.65. The molecular weight excluding hydrogens is 172 g/mol. The highest BCUT2D eigenvalue weighted by molar-refractivity contribution is 5.21. The highest BCUT2D eigenvalue weighted by Gasteiger charge is 1.98. The monoisotopic (exact) mass is 190 g/mol. The van der Waals surface area contributed by atoms with Crippen molar-refractivity contribution in [1.29, 1.82) is 0 Å². The van der Waals surface area contributed by atoms with Crippen molar-refractivity contribution >= 4 is 0 Å². The second-order valence-electron chi connectivity index (χ2n) is 3.65. The SMILES string of the molecule is CC[C@H](O)/C=C(\C)Cc1ccccc1. The van der Waals surface area contributed by atoms with Gasteiger partial charge in [-0.05, 0) is 25.3 Å². The van der Waals surface area contributed by atoms with Gasteiger partial charge in [0, 0.05) is 0 Å². The molecule has 1 nitrogen and oxygen atoms in total. The van der Waals surface area contributed by atoms with E-state index in [4.69, 9.17) is 0 Å². The van der Waals surface area contributed by atoms with Gasteiger partial charge in [0.15, 0.2) is 0 Å². The molecular formula is C13H18O. The van der Waals surface area contributed by atoms with Gasteiger partial charge in [0.1, 0.15) is 0 Å². The average Bonchev–Trinajstić information content (AvgIpc) is 2.19. The number of aliphatic hydroxyl groups is 1. The van der Waals surface area contributed by atoms with E-state index in [9.17, 15) is 5.11 Å². The quantitative estimate of drug-likeness (QED) is 0.724. The highest BCUT2D eigenvalue weighted by Crippen LogP contribution is 2.08. The second kappa shape index (κ2) is 5.61. The molecule has 0 amide bonds. The molecule has 1 rings (SSSR count). The first-order valence-corrected chi connectivity index (χ1v) is 5.11. The Morgan fingerprint density at radius 2 is 2.00 bits per heavy atom. The summed E-state index contributed by atoms with van der Waals surface area (Å²) in [6.07, 6.45) is 3.36. The number of rotatable bonds is 4. The summed E-state index contributed by atoms with van der Waals surface area (Å²) >= 11 is 0. The standard InChI is InChI=1S/C13H18O/c1-3-13(14)10-11(2)9-12-7-5-4-6-8-12/h4-8,10,13-14H,3,9H2,1-2H3/b11-10+/t13-/m0/s1. The Balaban J connectivity index is 2.57. The van der Waals surface area contributed by atoms with Crippen LogP contribution in [0.5, 0.6) is 0 Å². The van der Waals surface area contributed by atoms with Crippen LogP contribution in [0.1, 0.15) is 25.8 Å². The minimum absolute atomic E-state index is 0.293. The molecule has 0 saturated heterocycles. The normalized spacial score (nSPS) is 14.1. The highest BCUT2D eigenvalue weighted by atomic mass is 16.3. The average molecular weight is 190 g/mol. The molecule has 0 aromatic heterocycles. The number of aliphatic hydroxyl groups excluding tert-OH is 1. The van der Waals surface area contributed by atoms with Crippen molar-refractivity contribution in [3.63, 3.8) is 0 Å². The third kappa shape index (κ3) is 3.75. The first kappa shape index (κ1) is 11.0. The van der Waals surface area contributed by atoms with Crippen LogP contribution < -0.4 is 0 Å². The van der Waals surface area contributed by atoms with E-state index >= 15 is 0 Å². The lowest BCUT2D eigenvalue weighted by Gasteiger charge is -2.05. The van der Waals surface area contributed by atoms with Crippen LogP contribution in [0.25, 0.3) is 0 Å². The molecule has 0 bridgehead atoms. The van der Waals surface area contributed by atoms with Gasteiger partial charge in [-0.15, -0.1) is 0 Å². The molecule has 0 fully saturated rings. The largest absolute Gasteiger partial charge is 0.389 e. The maximum atomic E-state index is 9.43. The molecule has 0 unspecified atom stereocenters. The smallest absolute Gasteiger partial charge is 0.0720 e. The molecule has 0 radical (unpaired) electrons. The maximum absolute atomic E-state index is 9.43. The number of hydrogen-bond acceptors (Lipinski definition) is 1. The minimum atomic E-state index is -0.293. The Labute approximate surface area is 86.1 Å². The molecule has 1 atom stereocenters. The third-order valence-corrected chi connectivity index (χ3v) is 2.22. The summed E-state index contributed by atoms with van der Waals surface area (Å²) in [7, 11) is 0. The molecule has 0 aliphatic carbocycles. The molecule has 0 aliphatic heterocycles.